The zero-order valence-corrected chi connectivity index (χ0v) is 11.1. The van der Waals surface area contributed by atoms with Gasteiger partial charge in [0.2, 0.25) is 0 Å². The van der Waals surface area contributed by atoms with Crippen molar-refractivity contribution in [3.05, 3.63) is 29.8 Å². The van der Waals surface area contributed by atoms with Crippen LogP contribution in [0.4, 0.5) is 0 Å². The Hall–Kier alpha value is -1.02. The van der Waals surface area contributed by atoms with E-state index in [1.54, 1.807) is 12.1 Å². The number of phenolic OH excluding ortho intramolecular Hbond substituents is 1. The summed E-state index contributed by atoms with van der Waals surface area (Å²) in [4.78, 5) is 2.55. The zero-order chi connectivity index (χ0) is 12.4. The summed E-state index contributed by atoms with van der Waals surface area (Å²) in [5, 5.41) is 9.31. The highest BCUT2D eigenvalue weighted by Gasteiger charge is 2.26. The van der Waals surface area contributed by atoms with Gasteiger partial charge in [0.1, 0.15) is 5.75 Å². The number of hydrogen-bond acceptors (Lipinski definition) is 2. The second kappa shape index (κ2) is 5.09. The normalized spacial score (nSPS) is 27.9. The van der Waals surface area contributed by atoms with Crippen molar-refractivity contribution in [2.75, 3.05) is 13.1 Å². The summed E-state index contributed by atoms with van der Waals surface area (Å²) in [7, 11) is 0. The van der Waals surface area contributed by atoms with Gasteiger partial charge in [-0.1, -0.05) is 26.0 Å². The highest BCUT2D eigenvalue weighted by Crippen LogP contribution is 2.29. The Bertz CT molecular complexity index is 360. The van der Waals surface area contributed by atoms with Crippen LogP contribution in [0.15, 0.2) is 24.3 Å². The van der Waals surface area contributed by atoms with Gasteiger partial charge in [-0.2, -0.15) is 0 Å². The van der Waals surface area contributed by atoms with Crippen LogP contribution in [-0.2, 0) is 0 Å². The van der Waals surface area contributed by atoms with Crippen LogP contribution in [0.5, 0.6) is 5.75 Å². The van der Waals surface area contributed by atoms with Gasteiger partial charge in [-0.15, -0.1) is 0 Å². The molecule has 3 atom stereocenters. The summed E-state index contributed by atoms with van der Waals surface area (Å²) in [6, 6.07) is 8.07. The predicted octanol–water partition coefficient (Wildman–Crippen LogP) is 3.43. The fraction of sp³-hybridized carbons (Fsp3) is 0.600. The molecule has 3 unspecified atom stereocenters. The third-order valence-electron chi connectivity index (χ3n) is 4.29. The SMILES string of the molecule is CC1CCN(C(C)c2ccc(O)cc2)CC1C. The molecule has 1 saturated heterocycles. The molecule has 0 spiro atoms. The van der Waals surface area contributed by atoms with Crippen molar-refractivity contribution in [3.8, 4) is 5.75 Å². The van der Waals surface area contributed by atoms with E-state index in [0.29, 0.717) is 11.8 Å². The molecule has 2 heteroatoms. The first-order valence-electron chi connectivity index (χ1n) is 6.61. The van der Waals surface area contributed by atoms with Gasteiger partial charge in [0, 0.05) is 12.6 Å². The number of rotatable bonds is 2. The van der Waals surface area contributed by atoms with Gasteiger partial charge >= 0.3 is 0 Å². The fourth-order valence-corrected chi connectivity index (χ4v) is 2.61. The third kappa shape index (κ3) is 2.81. The lowest BCUT2D eigenvalue weighted by Gasteiger charge is -2.39. The Morgan fingerprint density at radius 1 is 1.18 bits per heavy atom. The molecule has 17 heavy (non-hydrogen) atoms. The molecular weight excluding hydrogens is 210 g/mol. The first-order chi connectivity index (χ1) is 8.08. The molecule has 0 amide bonds. The number of nitrogens with zero attached hydrogens (tertiary/aromatic N) is 1. The van der Waals surface area contributed by atoms with E-state index in [0.717, 1.165) is 11.8 Å². The molecule has 0 saturated carbocycles. The standard InChI is InChI=1S/C15H23NO/c1-11-8-9-16(10-12(11)2)13(3)14-4-6-15(17)7-5-14/h4-7,11-13,17H,8-10H2,1-3H3. The molecule has 1 heterocycles. The van der Waals surface area contributed by atoms with E-state index in [1.807, 2.05) is 12.1 Å². The topological polar surface area (TPSA) is 23.5 Å². The van der Waals surface area contributed by atoms with Crippen LogP contribution in [-0.4, -0.2) is 23.1 Å². The summed E-state index contributed by atoms with van der Waals surface area (Å²) in [6.45, 7) is 9.33. The minimum absolute atomic E-state index is 0.349. The van der Waals surface area contributed by atoms with Gasteiger partial charge in [-0.05, 0) is 49.4 Å². The van der Waals surface area contributed by atoms with Crippen LogP contribution in [0.1, 0.15) is 38.8 Å². The van der Waals surface area contributed by atoms with Crippen molar-refractivity contribution in [1.82, 2.24) is 4.90 Å². The maximum Gasteiger partial charge on any atom is 0.115 e. The fourth-order valence-electron chi connectivity index (χ4n) is 2.61. The summed E-state index contributed by atoms with van der Waals surface area (Å²) in [6.07, 6.45) is 1.30. The van der Waals surface area contributed by atoms with Crippen LogP contribution in [0.3, 0.4) is 0 Å². The Morgan fingerprint density at radius 2 is 1.82 bits per heavy atom. The molecule has 2 nitrogen and oxygen atoms in total. The van der Waals surface area contributed by atoms with Crippen LogP contribution in [0, 0.1) is 11.8 Å². The van der Waals surface area contributed by atoms with Crippen LogP contribution in [0.2, 0.25) is 0 Å². The van der Waals surface area contributed by atoms with Gasteiger partial charge in [-0.25, -0.2) is 0 Å². The molecule has 1 aromatic carbocycles. The van der Waals surface area contributed by atoms with Gasteiger partial charge in [0.15, 0.2) is 0 Å². The Labute approximate surface area is 104 Å². The molecule has 0 aromatic heterocycles. The first-order valence-corrected chi connectivity index (χ1v) is 6.61. The Balaban J connectivity index is 2.05. The molecule has 94 valence electrons. The maximum absolute atomic E-state index is 9.31. The first kappa shape index (κ1) is 12.4. The number of hydrogen-bond donors (Lipinski definition) is 1. The smallest absolute Gasteiger partial charge is 0.115 e. The molecule has 1 aromatic rings. The van der Waals surface area contributed by atoms with Crippen molar-refractivity contribution in [3.63, 3.8) is 0 Å². The summed E-state index contributed by atoms with van der Waals surface area (Å²) in [5.41, 5.74) is 1.30. The lowest BCUT2D eigenvalue weighted by atomic mass is 9.87. The second-order valence-corrected chi connectivity index (χ2v) is 5.51. The van der Waals surface area contributed by atoms with Gasteiger partial charge in [-0.3, -0.25) is 4.90 Å². The number of phenols is 1. The monoisotopic (exact) mass is 233 g/mol. The van der Waals surface area contributed by atoms with Gasteiger partial charge in [0.25, 0.3) is 0 Å². The molecule has 0 aliphatic carbocycles. The van der Waals surface area contributed by atoms with E-state index in [2.05, 4.69) is 25.7 Å². The van der Waals surface area contributed by atoms with Crippen molar-refractivity contribution < 1.29 is 5.11 Å². The largest absolute Gasteiger partial charge is 0.508 e. The van der Waals surface area contributed by atoms with Crippen molar-refractivity contribution >= 4 is 0 Å². The molecule has 2 rings (SSSR count). The Kier molecular flexibility index (Phi) is 3.72. The molecular formula is C15H23NO. The molecule has 0 radical (unpaired) electrons. The lowest BCUT2D eigenvalue weighted by molar-refractivity contribution is 0.103. The van der Waals surface area contributed by atoms with Crippen molar-refractivity contribution in [1.29, 1.82) is 0 Å². The zero-order valence-electron chi connectivity index (χ0n) is 11.1. The summed E-state index contributed by atoms with van der Waals surface area (Å²) < 4.78 is 0. The van der Waals surface area contributed by atoms with Crippen molar-refractivity contribution in [2.24, 2.45) is 11.8 Å². The number of benzene rings is 1. The maximum atomic E-state index is 9.31. The molecule has 0 bridgehead atoms. The van der Waals surface area contributed by atoms with Crippen molar-refractivity contribution in [2.45, 2.75) is 33.2 Å². The van der Waals surface area contributed by atoms with E-state index in [-0.39, 0.29) is 0 Å². The molecule has 1 N–H and O–H groups in total. The molecule has 1 fully saturated rings. The predicted molar refractivity (Wildman–Crippen MR) is 71.0 cm³/mol. The third-order valence-corrected chi connectivity index (χ3v) is 4.29. The quantitative estimate of drug-likeness (QED) is 0.846. The lowest BCUT2D eigenvalue weighted by Crippen LogP contribution is -2.39. The molecule has 1 aliphatic heterocycles. The molecule has 1 aliphatic rings. The van der Waals surface area contributed by atoms with E-state index >= 15 is 0 Å². The highest BCUT2D eigenvalue weighted by molar-refractivity contribution is 5.27. The highest BCUT2D eigenvalue weighted by atomic mass is 16.3. The van der Waals surface area contributed by atoms with E-state index in [4.69, 9.17) is 0 Å². The number of likely N-dealkylation sites (tertiary alicyclic amines) is 1. The second-order valence-electron chi connectivity index (χ2n) is 5.51. The van der Waals surface area contributed by atoms with Gasteiger partial charge in [0.05, 0.1) is 0 Å². The van der Waals surface area contributed by atoms with Crippen LogP contribution >= 0.6 is 0 Å². The average molecular weight is 233 g/mol. The Morgan fingerprint density at radius 3 is 2.41 bits per heavy atom. The minimum atomic E-state index is 0.349. The number of piperidine rings is 1. The summed E-state index contributed by atoms with van der Waals surface area (Å²) in [5.74, 6) is 1.98. The van der Waals surface area contributed by atoms with Crippen LogP contribution < -0.4 is 0 Å². The van der Waals surface area contributed by atoms with E-state index in [9.17, 15) is 5.11 Å². The van der Waals surface area contributed by atoms with Gasteiger partial charge < -0.3 is 5.11 Å². The van der Waals surface area contributed by atoms with Crippen LogP contribution in [0.25, 0.3) is 0 Å². The average Bonchev–Trinajstić information content (AvgIpc) is 2.33. The number of aromatic hydroxyl groups is 1. The minimum Gasteiger partial charge on any atom is -0.508 e. The van der Waals surface area contributed by atoms with E-state index < -0.39 is 0 Å². The summed E-state index contributed by atoms with van der Waals surface area (Å²) >= 11 is 0. The van der Waals surface area contributed by atoms with E-state index in [1.165, 1.54) is 25.1 Å².